The number of benzene rings is 1. The van der Waals surface area contributed by atoms with Crippen molar-refractivity contribution in [2.24, 2.45) is 11.7 Å². The molecule has 0 saturated heterocycles. The molecule has 1 rings (SSSR count). The summed E-state index contributed by atoms with van der Waals surface area (Å²) in [5.41, 5.74) is 6.30. The Labute approximate surface area is 124 Å². The third-order valence-electron chi connectivity index (χ3n) is 3.54. The lowest BCUT2D eigenvalue weighted by atomic mass is 9.96. The minimum Gasteiger partial charge on any atom is -0.352 e. The Morgan fingerprint density at radius 2 is 2.19 bits per heavy atom. The van der Waals surface area contributed by atoms with Crippen LogP contribution in [0.2, 0.25) is 0 Å². The molecule has 6 heteroatoms. The maximum absolute atomic E-state index is 11.8. The highest BCUT2D eigenvalue weighted by Gasteiger charge is 2.10. The van der Waals surface area contributed by atoms with Gasteiger partial charge >= 0.3 is 0 Å². The SMILES string of the molecule is CCC(CCN)CCC(=O)NCc1cccc([N+](=O)[O-])c1. The molecule has 0 aliphatic carbocycles. The minimum absolute atomic E-state index is 0.0306. The number of nitrogens with two attached hydrogens (primary N) is 1. The monoisotopic (exact) mass is 293 g/mol. The standard InChI is InChI=1S/C15H23N3O3/c1-2-12(8-9-16)6-7-15(19)17-11-13-4-3-5-14(10-13)18(20)21/h3-5,10,12H,2,6-9,11,16H2,1H3,(H,17,19). The van der Waals surface area contributed by atoms with Crippen LogP contribution in [0.15, 0.2) is 24.3 Å². The predicted octanol–water partition coefficient (Wildman–Crippen LogP) is 2.37. The third kappa shape index (κ3) is 6.35. The van der Waals surface area contributed by atoms with E-state index in [1.54, 1.807) is 12.1 Å². The van der Waals surface area contributed by atoms with Gasteiger partial charge in [-0.1, -0.05) is 25.5 Å². The summed E-state index contributed by atoms with van der Waals surface area (Å²) in [6.07, 6.45) is 3.26. The lowest BCUT2D eigenvalue weighted by Gasteiger charge is -2.13. The van der Waals surface area contributed by atoms with Gasteiger partial charge < -0.3 is 11.1 Å². The van der Waals surface area contributed by atoms with Gasteiger partial charge in [-0.05, 0) is 30.9 Å². The predicted molar refractivity (Wildman–Crippen MR) is 81.6 cm³/mol. The van der Waals surface area contributed by atoms with Crippen molar-refractivity contribution in [2.75, 3.05) is 6.54 Å². The number of non-ortho nitro benzene ring substituents is 1. The van der Waals surface area contributed by atoms with Crippen molar-refractivity contribution in [2.45, 2.75) is 39.2 Å². The molecule has 0 radical (unpaired) electrons. The van der Waals surface area contributed by atoms with Crippen LogP contribution in [0.1, 0.15) is 38.2 Å². The molecule has 3 N–H and O–H groups in total. The molecule has 0 fully saturated rings. The second-order valence-electron chi connectivity index (χ2n) is 5.09. The average molecular weight is 293 g/mol. The minimum atomic E-state index is -0.440. The Morgan fingerprint density at radius 1 is 1.43 bits per heavy atom. The fourth-order valence-electron chi connectivity index (χ4n) is 2.19. The molecule has 21 heavy (non-hydrogen) atoms. The Hall–Kier alpha value is -1.95. The van der Waals surface area contributed by atoms with E-state index in [-0.39, 0.29) is 11.6 Å². The first-order valence-corrected chi connectivity index (χ1v) is 7.27. The Bertz CT molecular complexity index is 477. The van der Waals surface area contributed by atoms with Crippen molar-refractivity contribution in [3.8, 4) is 0 Å². The van der Waals surface area contributed by atoms with Crippen LogP contribution in [0.4, 0.5) is 5.69 Å². The fourth-order valence-corrected chi connectivity index (χ4v) is 2.19. The fraction of sp³-hybridized carbons (Fsp3) is 0.533. The number of nitro benzene ring substituents is 1. The largest absolute Gasteiger partial charge is 0.352 e. The summed E-state index contributed by atoms with van der Waals surface area (Å²) in [4.78, 5) is 22.0. The number of rotatable bonds is 9. The Balaban J connectivity index is 2.39. The molecule has 6 nitrogen and oxygen atoms in total. The highest BCUT2D eigenvalue weighted by molar-refractivity contribution is 5.75. The lowest BCUT2D eigenvalue weighted by molar-refractivity contribution is -0.384. The molecular weight excluding hydrogens is 270 g/mol. The summed E-state index contributed by atoms with van der Waals surface area (Å²) >= 11 is 0. The average Bonchev–Trinajstić information content (AvgIpc) is 2.49. The number of carbonyl (C=O) groups excluding carboxylic acids is 1. The smallest absolute Gasteiger partial charge is 0.269 e. The number of nitrogens with one attached hydrogen (secondary N) is 1. The van der Waals surface area contributed by atoms with Crippen LogP contribution < -0.4 is 11.1 Å². The summed E-state index contributed by atoms with van der Waals surface area (Å²) in [6, 6.07) is 6.29. The normalized spacial score (nSPS) is 11.9. The second-order valence-corrected chi connectivity index (χ2v) is 5.09. The number of amides is 1. The number of nitrogens with zero attached hydrogens (tertiary/aromatic N) is 1. The van der Waals surface area contributed by atoms with E-state index in [1.807, 2.05) is 0 Å². The molecule has 1 unspecified atom stereocenters. The van der Waals surface area contributed by atoms with Crippen molar-refractivity contribution < 1.29 is 9.72 Å². The molecular formula is C15H23N3O3. The van der Waals surface area contributed by atoms with E-state index in [4.69, 9.17) is 5.73 Å². The van der Waals surface area contributed by atoms with Gasteiger partial charge in [-0.25, -0.2) is 0 Å². The van der Waals surface area contributed by atoms with Crippen LogP contribution in [0.3, 0.4) is 0 Å². The highest BCUT2D eigenvalue weighted by atomic mass is 16.6. The highest BCUT2D eigenvalue weighted by Crippen LogP contribution is 2.15. The molecule has 0 heterocycles. The van der Waals surface area contributed by atoms with E-state index < -0.39 is 4.92 Å². The Kier molecular flexibility index (Phi) is 7.39. The number of hydrogen-bond donors (Lipinski definition) is 2. The third-order valence-corrected chi connectivity index (χ3v) is 3.54. The first kappa shape index (κ1) is 17.1. The molecule has 0 aromatic heterocycles. The molecule has 0 aliphatic rings. The van der Waals surface area contributed by atoms with Gasteiger partial charge in [0.05, 0.1) is 4.92 Å². The van der Waals surface area contributed by atoms with E-state index in [2.05, 4.69) is 12.2 Å². The first-order valence-electron chi connectivity index (χ1n) is 7.27. The molecule has 0 aliphatic heterocycles. The van der Waals surface area contributed by atoms with Crippen molar-refractivity contribution in [3.05, 3.63) is 39.9 Å². The van der Waals surface area contributed by atoms with Crippen LogP contribution in [-0.2, 0) is 11.3 Å². The molecule has 0 spiro atoms. The van der Waals surface area contributed by atoms with Gasteiger partial charge in [0.25, 0.3) is 5.69 Å². The summed E-state index contributed by atoms with van der Waals surface area (Å²) in [6.45, 7) is 3.06. The summed E-state index contributed by atoms with van der Waals surface area (Å²) in [7, 11) is 0. The number of nitro groups is 1. The molecule has 1 atom stereocenters. The van der Waals surface area contributed by atoms with E-state index in [0.29, 0.717) is 25.4 Å². The van der Waals surface area contributed by atoms with Crippen molar-refractivity contribution in [3.63, 3.8) is 0 Å². The van der Waals surface area contributed by atoms with Crippen molar-refractivity contribution in [1.82, 2.24) is 5.32 Å². The van der Waals surface area contributed by atoms with Crippen LogP contribution >= 0.6 is 0 Å². The number of hydrogen-bond acceptors (Lipinski definition) is 4. The first-order chi connectivity index (χ1) is 10.1. The van der Waals surface area contributed by atoms with Gasteiger partial charge in [0.15, 0.2) is 0 Å². The van der Waals surface area contributed by atoms with E-state index in [1.165, 1.54) is 12.1 Å². The van der Waals surface area contributed by atoms with Crippen LogP contribution in [0, 0.1) is 16.0 Å². The number of carbonyl (C=O) groups is 1. The van der Waals surface area contributed by atoms with Gasteiger partial charge in [0, 0.05) is 25.1 Å². The molecule has 0 saturated carbocycles. The molecule has 1 aromatic carbocycles. The summed E-state index contributed by atoms with van der Waals surface area (Å²) in [5.74, 6) is 0.454. The van der Waals surface area contributed by atoms with E-state index >= 15 is 0 Å². The zero-order valence-corrected chi connectivity index (χ0v) is 12.4. The van der Waals surface area contributed by atoms with E-state index in [9.17, 15) is 14.9 Å². The molecule has 1 aromatic rings. The van der Waals surface area contributed by atoms with Gasteiger partial charge in [-0.2, -0.15) is 0 Å². The maximum atomic E-state index is 11.8. The quantitative estimate of drug-likeness (QED) is 0.539. The van der Waals surface area contributed by atoms with Crippen molar-refractivity contribution in [1.29, 1.82) is 0 Å². The summed E-state index contributed by atoms with van der Waals surface area (Å²) in [5, 5.41) is 13.5. The van der Waals surface area contributed by atoms with Gasteiger partial charge in [0.2, 0.25) is 5.91 Å². The van der Waals surface area contributed by atoms with Gasteiger partial charge in [0.1, 0.15) is 0 Å². The molecule has 1 amide bonds. The zero-order valence-electron chi connectivity index (χ0n) is 12.4. The second kappa shape index (κ2) is 9.07. The summed E-state index contributed by atoms with van der Waals surface area (Å²) < 4.78 is 0. The molecule has 116 valence electrons. The lowest BCUT2D eigenvalue weighted by Crippen LogP contribution is -2.23. The van der Waals surface area contributed by atoms with Gasteiger partial charge in [-0.15, -0.1) is 0 Å². The Morgan fingerprint density at radius 3 is 2.81 bits per heavy atom. The molecule has 0 bridgehead atoms. The van der Waals surface area contributed by atoms with E-state index in [0.717, 1.165) is 24.8 Å². The van der Waals surface area contributed by atoms with Crippen LogP contribution in [0.25, 0.3) is 0 Å². The van der Waals surface area contributed by atoms with Crippen molar-refractivity contribution >= 4 is 11.6 Å². The zero-order chi connectivity index (χ0) is 15.7. The van der Waals surface area contributed by atoms with Crippen LogP contribution in [0.5, 0.6) is 0 Å². The maximum Gasteiger partial charge on any atom is 0.269 e. The topological polar surface area (TPSA) is 98.3 Å². The van der Waals surface area contributed by atoms with Crippen LogP contribution in [-0.4, -0.2) is 17.4 Å². The van der Waals surface area contributed by atoms with Gasteiger partial charge in [-0.3, -0.25) is 14.9 Å².